The van der Waals surface area contributed by atoms with Crippen molar-refractivity contribution in [3.05, 3.63) is 65.6 Å². The van der Waals surface area contributed by atoms with Crippen molar-refractivity contribution in [2.75, 3.05) is 36.5 Å². The Morgan fingerprint density at radius 2 is 1.93 bits per heavy atom. The molecule has 3 aromatic rings. The molecule has 2 N–H and O–H groups in total. The number of nitrogens with zero attached hydrogens (tertiary/aromatic N) is 1. The Morgan fingerprint density at radius 1 is 1.15 bits per heavy atom. The highest BCUT2D eigenvalue weighted by molar-refractivity contribution is 7.99. The third-order valence-corrected chi connectivity index (χ3v) is 5.87. The number of fused-ring (bicyclic) bond motifs is 1. The number of rotatable bonds is 5. The first kappa shape index (κ1) is 18.1. The molecule has 4 nitrogen and oxygen atoms in total. The SMILES string of the molecule is O=C(Nc1ccc(CCN2CCSCC2)cc1)c1c[nH]c2cccc(F)c12. The molecule has 0 radical (unpaired) electrons. The van der Waals surface area contributed by atoms with E-state index >= 15 is 0 Å². The molecule has 0 aliphatic carbocycles. The predicted octanol–water partition coefficient (Wildman–Crippen LogP) is 4.15. The molecular formula is C21H22FN3OS. The topological polar surface area (TPSA) is 48.1 Å². The number of aromatic amines is 1. The number of thioether (sulfide) groups is 1. The summed E-state index contributed by atoms with van der Waals surface area (Å²) in [7, 11) is 0. The number of nitrogens with one attached hydrogen (secondary N) is 2. The highest BCUT2D eigenvalue weighted by atomic mass is 32.2. The maximum absolute atomic E-state index is 14.1. The van der Waals surface area contributed by atoms with Crippen LogP contribution in [-0.4, -0.2) is 46.9 Å². The number of H-pyrrole nitrogens is 1. The molecule has 6 heteroatoms. The van der Waals surface area contributed by atoms with Gasteiger partial charge in [-0.25, -0.2) is 4.39 Å². The molecule has 0 bridgehead atoms. The maximum atomic E-state index is 14.1. The fourth-order valence-corrected chi connectivity index (χ4v) is 4.36. The van der Waals surface area contributed by atoms with Crippen molar-refractivity contribution < 1.29 is 9.18 Å². The average Bonchev–Trinajstić information content (AvgIpc) is 3.14. The van der Waals surface area contributed by atoms with Gasteiger partial charge < -0.3 is 15.2 Å². The van der Waals surface area contributed by atoms with E-state index in [0.29, 0.717) is 22.2 Å². The molecule has 1 aliphatic heterocycles. The van der Waals surface area contributed by atoms with Gasteiger partial charge in [0.25, 0.3) is 5.91 Å². The molecule has 0 unspecified atom stereocenters. The fourth-order valence-electron chi connectivity index (χ4n) is 3.38. The summed E-state index contributed by atoms with van der Waals surface area (Å²) in [6, 6.07) is 12.6. The Balaban J connectivity index is 1.39. The lowest BCUT2D eigenvalue weighted by Gasteiger charge is -2.26. The second-order valence-corrected chi connectivity index (χ2v) is 7.94. The largest absolute Gasteiger partial charge is 0.360 e. The highest BCUT2D eigenvalue weighted by Gasteiger charge is 2.15. The standard InChI is InChI=1S/C21H22FN3OS/c22-18-2-1-3-19-20(18)17(14-23-19)21(26)24-16-6-4-15(5-7-16)8-9-25-10-12-27-13-11-25/h1-7,14,23H,8-13H2,(H,24,26). The van der Waals surface area contributed by atoms with Gasteiger partial charge >= 0.3 is 0 Å². The van der Waals surface area contributed by atoms with E-state index in [1.54, 1.807) is 18.3 Å². The molecule has 140 valence electrons. The van der Waals surface area contributed by atoms with E-state index < -0.39 is 5.82 Å². The zero-order chi connectivity index (χ0) is 18.6. The number of benzene rings is 2. The number of amides is 1. The minimum absolute atomic E-state index is 0.315. The second kappa shape index (κ2) is 8.15. The summed E-state index contributed by atoms with van der Waals surface area (Å²) in [5.74, 6) is 1.73. The quantitative estimate of drug-likeness (QED) is 0.696. The van der Waals surface area contributed by atoms with Crippen molar-refractivity contribution in [1.29, 1.82) is 0 Å². The summed E-state index contributed by atoms with van der Waals surface area (Å²) < 4.78 is 14.1. The van der Waals surface area contributed by atoms with E-state index in [1.807, 2.05) is 36.0 Å². The first-order valence-corrected chi connectivity index (χ1v) is 10.3. The van der Waals surface area contributed by atoms with E-state index in [0.717, 1.165) is 13.0 Å². The lowest BCUT2D eigenvalue weighted by molar-refractivity contribution is 0.102. The Hall–Kier alpha value is -2.31. The Morgan fingerprint density at radius 3 is 2.70 bits per heavy atom. The molecule has 1 amide bonds. The molecule has 4 rings (SSSR count). The maximum Gasteiger partial charge on any atom is 0.257 e. The molecule has 0 spiro atoms. The molecule has 2 aromatic carbocycles. The Labute approximate surface area is 162 Å². The molecular weight excluding hydrogens is 361 g/mol. The van der Waals surface area contributed by atoms with Crippen LogP contribution in [0.3, 0.4) is 0 Å². The van der Waals surface area contributed by atoms with E-state index in [-0.39, 0.29) is 5.91 Å². The monoisotopic (exact) mass is 383 g/mol. The summed E-state index contributed by atoms with van der Waals surface area (Å²) in [5.41, 5.74) is 2.90. The third kappa shape index (κ3) is 4.17. The number of halogens is 1. The zero-order valence-electron chi connectivity index (χ0n) is 15.0. The lowest BCUT2D eigenvalue weighted by Crippen LogP contribution is -2.34. The summed E-state index contributed by atoms with van der Waals surface area (Å²) in [4.78, 5) is 18.0. The van der Waals surface area contributed by atoms with Gasteiger partial charge in [0.2, 0.25) is 0 Å². The van der Waals surface area contributed by atoms with Crippen molar-refractivity contribution in [1.82, 2.24) is 9.88 Å². The van der Waals surface area contributed by atoms with E-state index in [1.165, 1.54) is 36.2 Å². The van der Waals surface area contributed by atoms with Crippen LogP contribution in [0, 0.1) is 5.82 Å². The van der Waals surface area contributed by atoms with Crippen molar-refractivity contribution in [3.63, 3.8) is 0 Å². The minimum Gasteiger partial charge on any atom is -0.360 e. The summed E-state index contributed by atoms with van der Waals surface area (Å²) in [6.45, 7) is 3.40. The minimum atomic E-state index is -0.398. The van der Waals surface area contributed by atoms with Crippen LogP contribution < -0.4 is 5.32 Å². The molecule has 1 saturated heterocycles. The number of carbonyl (C=O) groups excluding carboxylic acids is 1. The zero-order valence-corrected chi connectivity index (χ0v) is 15.8. The van der Waals surface area contributed by atoms with Gasteiger partial charge in [0, 0.05) is 53.9 Å². The van der Waals surface area contributed by atoms with Gasteiger partial charge in [-0.1, -0.05) is 18.2 Å². The fraction of sp³-hybridized carbons (Fsp3) is 0.286. The van der Waals surface area contributed by atoms with Crippen molar-refractivity contribution in [2.45, 2.75) is 6.42 Å². The molecule has 2 heterocycles. The highest BCUT2D eigenvalue weighted by Crippen LogP contribution is 2.22. The van der Waals surface area contributed by atoms with Crippen molar-refractivity contribution in [2.24, 2.45) is 0 Å². The van der Waals surface area contributed by atoms with Gasteiger partial charge in [0.15, 0.2) is 0 Å². The summed E-state index contributed by atoms with van der Waals surface area (Å²) >= 11 is 2.02. The van der Waals surface area contributed by atoms with Crippen molar-refractivity contribution >= 4 is 34.3 Å². The first-order valence-electron chi connectivity index (χ1n) is 9.17. The van der Waals surface area contributed by atoms with Crippen LogP contribution in [0.2, 0.25) is 0 Å². The Bertz CT molecular complexity index is 932. The van der Waals surface area contributed by atoms with E-state index in [2.05, 4.69) is 15.2 Å². The van der Waals surface area contributed by atoms with Gasteiger partial charge in [-0.2, -0.15) is 11.8 Å². The van der Waals surface area contributed by atoms with Crippen LogP contribution in [0.5, 0.6) is 0 Å². The number of anilines is 1. The number of carbonyl (C=O) groups is 1. The molecule has 1 aromatic heterocycles. The summed E-state index contributed by atoms with van der Waals surface area (Å²) in [6.07, 6.45) is 2.56. The molecule has 1 fully saturated rings. The van der Waals surface area contributed by atoms with Crippen LogP contribution in [0.15, 0.2) is 48.7 Å². The average molecular weight is 383 g/mol. The van der Waals surface area contributed by atoms with Crippen molar-refractivity contribution in [3.8, 4) is 0 Å². The molecule has 0 atom stereocenters. The van der Waals surface area contributed by atoms with Gasteiger partial charge in [-0.05, 0) is 36.2 Å². The van der Waals surface area contributed by atoms with Crippen LogP contribution in [0.4, 0.5) is 10.1 Å². The normalized spacial score (nSPS) is 15.1. The Kier molecular flexibility index (Phi) is 5.45. The first-order chi connectivity index (χ1) is 13.2. The van der Waals surface area contributed by atoms with Crippen LogP contribution in [-0.2, 0) is 6.42 Å². The van der Waals surface area contributed by atoms with Gasteiger partial charge in [0.05, 0.1) is 5.56 Å². The second-order valence-electron chi connectivity index (χ2n) is 6.72. The molecule has 27 heavy (non-hydrogen) atoms. The predicted molar refractivity (Wildman–Crippen MR) is 110 cm³/mol. The third-order valence-electron chi connectivity index (χ3n) is 4.93. The smallest absolute Gasteiger partial charge is 0.257 e. The van der Waals surface area contributed by atoms with Crippen LogP contribution in [0.25, 0.3) is 10.9 Å². The number of hydrogen-bond donors (Lipinski definition) is 2. The van der Waals surface area contributed by atoms with Crippen LogP contribution >= 0.6 is 11.8 Å². The summed E-state index contributed by atoms with van der Waals surface area (Å²) in [5, 5.41) is 3.18. The van der Waals surface area contributed by atoms with E-state index in [9.17, 15) is 9.18 Å². The number of aromatic nitrogens is 1. The lowest BCUT2D eigenvalue weighted by atomic mass is 10.1. The molecule has 1 aliphatic rings. The molecule has 0 saturated carbocycles. The van der Waals surface area contributed by atoms with Gasteiger partial charge in [-0.15, -0.1) is 0 Å². The number of hydrogen-bond acceptors (Lipinski definition) is 3. The van der Waals surface area contributed by atoms with Gasteiger partial charge in [0.1, 0.15) is 5.82 Å². The van der Waals surface area contributed by atoms with Gasteiger partial charge in [-0.3, -0.25) is 4.79 Å². The van der Waals surface area contributed by atoms with Crippen LogP contribution in [0.1, 0.15) is 15.9 Å². The van der Waals surface area contributed by atoms with E-state index in [4.69, 9.17) is 0 Å².